The average Bonchev–Trinajstić information content (AvgIpc) is 2.91. The van der Waals surface area contributed by atoms with Crippen LogP contribution in [0.25, 0.3) is 0 Å². The van der Waals surface area contributed by atoms with E-state index < -0.39 is 59.1 Å². The van der Waals surface area contributed by atoms with E-state index in [1.807, 2.05) is 6.92 Å². The zero-order chi connectivity index (χ0) is 35.3. The van der Waals surface area contributed by atoms with Crippen molar-refractivity contribution in [2.45, 2.75) is 112 Å². The molecule has 1 fully saturated rings. The third-order valence-corrected chi connectivity index (χ3v) is 7.94. The largest absolute Gasteiger partial charge is 0.460 e. The summed E-state index contributed by atoms with van der Waals surface area (Å²) in [6.07, 6.45) is -1.80. The number of hydrogen-bond donors (Lipinski definition) is 0. The summed E-state index contributed by atoms with van der Waals surface area (Å²) in [6, 6.07) is 1.28. The number of benzene rings is 1. The van der Waals surface area contributed by atoms with E-state index in [0.717, 1.165) is 38.5 Å². The molecule has 1 aliphatic carbocycles. The summed E-state index contributed by atoms with van der Waals surface area (Å²) in [5, 5.41) is 0. The molecule has 1 saturated carbocycles. The van der Waals surface area contributed by atoms with E-state index in [1.54, 1.807) is 0 Å². The van der Waals surface area contributed by atoms with Gasteiger partial charge in [-0.25, -0.2) is 0 Å². The van der Waals surface area contributed by atoms with E-state index in [4.69, 9.17) is 0 Å². The van der Waals surface area contributed by atoms with Crippen LogP contribution in [0.2, 0.25) is 0 Å². The Hall–Kier alpha value is -2.11. The molecular formula is C26H25F19. The van der Waals surface area contributed by atoms with Gasteiger partial charge >= 0.3 is 53.6 Å². The van der Waals surface area contributed by atoms with Gasteiger partial charge in [-0.05, 0) is 30.2 Å². The maximum Gasteiger partial charge on any atom is 0.460 e. The molecule has 19 heteroatoms. The predicted molar refractivity (Wildman–Crippen MR) is 120 cm³/mol. The highest BCUT2D eigenvalue weighted by atomic mass is 19.4. The van der Waals surface area contributed by atoms with Gasteiger partial charge in [-0.15, -0.1) is 0 Å². The fourth-order valence-corrected chi connectivity index (χ4v) is 5.01. The summed E-state index contributed by atoms with van der Waals surface area (Å²) in [5.74, 6) is -65.9. The zero-order valence-electron chi connectivity index (χ0n) is 22.8. The molecular weight excluding hydrogens is 673 g/mol. The van der Waals surface area contributed by atoms with Crippen molar-refractivity contribution in [2.24, 2.45) is 11.8 Å². The first-order valence-corrected chi connectivity index (χ1v) is 13.2. The second-order valence-electron chi connectivity index (χ2n) is 11.0. The second-order valence-corrected chi connectivity index (χ2v) is 11.0. The summed E-state index contributed by atoms with van der Waals surface area (Å²) in [7, 11) is 0. The molecule has 1 aromatic rings. The van der Waals surface area contributed by atoms with Crippen LogP contribution in [0.15, 0.2) is 24.3 Å². The monoisotopic (exact) mass is 698 g/mol. The molecule has 0 radical (unpaired) electrons. The lowest BCUT2D eigenvalue weighted by Crippen LogP contribution is -2.75. The van der Waals surface area contributed by atoms with Gasteiger partial charge in [-0.2, -0.15) is 83.4 Å². The Morgan fingerprint density at radius 3 is 1.16 bits per heavy atom. The first kappa shape index (κ1) is 39.1. The van der Waals surface area contributed by atoms with Gasteiger partial charge in [0.2, 0.25) is 0 Å². The van der Waals surface area contributed by atoms with Crippen LogP contribution in [0.4, 0.5) is 83.4 Å². The summed E-state index contributed by atoms with van der Waals surface area (Å²) >= 11 is 0. The molecule has 45 heavy (non-hydrogen) atoms. The van der Waals surface area contributed by atoms with E-state index in [2.05, 4.69) is 0 Å². The molecule has 2 rings (SSSR count). The van der Waals surface area contributed by atoms with Crippen molar-refractivity contribution in [3.63, 3.8) is 0 Å². The Balaban J connectivity index is 2.36. The topological polar surface area (TPSA) is 0 Å². The first-order chi connectivity index (χ1) is 20.0. The molecule has 1 aromatic carbocycles. The number of rotatable bonds is 13. The van der Waals surface area contributed by atoms with Crippen molar-refractivity contribution in [3.05, 3.63) is 35.4 Å². The standard InChI is InChI=1S/C26H25F19/c1-2-3-14-4-6-15(7-5-14)8-9-16-10-12-17(13-11-16)18(27,28)19(29,30)20(31,32)21(33,34)22(35,36)23(37,38)24(39,40)25(41,42)26(43,44)45/h10-15H,2-9H2,1H3. The van der Waals surface area contributed by atoms with Crippen LogP contribution in [0.3, 0.4) is 0 Å². The molecule has 1 aliphatic rings. The normalized spacial score (nSPS) is 20.4. The number of hydrogen-bond acceptors (Lipinski definition) is 0. The minimum Gasteiger partial charge on any atom is -0.194 e. The Labute approximate surface area is 243 Å². The molecule has 0 heterocycles. The number of aryl methyl sites for hydroxylation is 1. The SMILES string of the molecule is CCCC1CCC(CCc2ccc(C(F)(F)C(F)(F)C(F)(F)C(F)(F)C(F)(F)C(F)(F)C(F)(F)C(F)(F)C(F)(F)F)cc2)CC1. The van der Waals surface area contributed by atoms with Gasteiger partial charge in [0.15, 0.2) is 0 Å². The third kappa shape index (κ3) is 6.18. The van der Waals surface area contributed by atoms with Crippen LogP contribution in [0.5, 0.6) is 0 Å². The average molecular weight is 698 g/mol. The van der Waals surface area contributed by atoms with Gasteiger partial charge in [0.05, 0.1) is 0 Å². The lowest BCUT2D eigenvalue weighted by atomic mass is 9.78. The van der Waals surface area contributed by atoms with Crippen LogP contribution < -0.4 is 0 Å². The lowest BCUT2D eigenvalue weighted by Gasteiger charge is -2.43. The second kappa shape index (κ2) is 12.2. The van der Waals surface area contributed by atoms with Crippen LogP contribution in [-0.2, 0) is 12.3 Å². The van der Waals surface area contributed by atoms with Crippen LogP contribution in [0.1, 0.15) is 63.0 Å². The molecule has 0 N–H and O–H groups in total. The number of alkyl halides is 19. The molecule has 262 valence electrons. The molecule has 0 unspecified atom stereocenters. The zero-order valence-corrected chi connectivity index (χ0v) is 22.8. The van der Waals surface area contributed by atoms with E-state index >= 15 is 0 Å². The highest BCUT2D eigenvalue weighted by Gasteiger charge is 2.96. The fourth-order valence-electron chi connectivity index (χ4n) is 5.01. The molecule has 0 saturated heterocycles. The minimum absolute atomic E-state index is 0.0135. The highest BCUT2D eigenvalue weighted by Crippen LogP contribution is 2.66. The van der Waals surface area contributed by atoms with Crippen molar-refractivity contribution >= 4 is 0 Å². The van der Waals surface area contributed by atoms with Crippen molar-refractivity contribution in [1.29, 1.82) is 0 Å². The van der Waals surface area contributed by atoms with E-state index in [0.29, 0.717) is 24.5 Å². The minimum atomic E-state index is -8.92. The van der Waals surface area contributed by atoms with Crippen molar-refractivity contribution in [1.82, 2.24) is 0 Å². The van der Waals surface area contributed by atoms with E-state index in [9.17, 15) is 83.4 Å². The van der Waals surface area contributed by atoms with Gasteiger partial charge in [0, 0.05) is 5.56 Å². The molecule has 0 aliphatic heterocycles. The van der Waals surface area contributed by atoms with Gasteiger partial charge in [-0.1, -0.05) is 69.7 Å². The highest BCUT2D eigenvalue weighted by molar-refractivity contribution is 5.30. The van der Waals surface area contributed by atoms with Gasteiger partial charge in [-0.3, -0.25) is 0 Å². The summed E-state index contributed by atoms with van der Waals surface area (Å²) < 4.78 is 258. The smallest absolute Gasteiger partial charge is 0.194 e. The molecule has 0 spiro atoms. The molecule has 0 bridgehead atoms. The van der Waals surface area contributed by atoms with Crippen molar-refractivity contribution in [2.75, 3.05) is 0 Å². The van der Waals surface area contributed by atoms with E-state index in [1.165, 1.54) is 0 Å². The third-order valence-electron chi connectivity index (χ3n) is 7.94. The Kier molecular flexibility index (Phi) is 10.6. The Bertz CT molecular complexity index is 1130. The summed E-state index contributed by atoms with van der Waals surface area (Å²) in [4.78, 5) is 0. The first-order valence-electron chi connectivity index (χ1n) is 13.2. The maximum atomic E-state index is 14.5. The van der Waals surface area contributed by atoms with Crippen molar-refractivity contribution < 1.29 is 83.4 Å². The number of halogens is 19. The Morgan fingerprint density at radius 2 is 0.800 bits per heavy atom. The van der Waals surface area contributed by atoms with Gasteiger partial charge < -0.3 is 0 Å². The summed E-state index contributed by atoms with van der Waals surface area (Å²) in [6.45, 7) is 2.02. The Morgan fingerprint density at radius 1 is 0.467 bits per heavy atom. The molecule has 0 aromatic heterocycles. The quantitative estimate of drug-likeness (QED) is 0.180. The van der Waals surface area contributed by atoms with Gasteiger partial charge in [0.25, 0.3) is 0 Å². The predicted octanol–water partition coefficient (Wildman–Crippen LogP) is 11.3. The van der Waals surface area contributed by atoms with E-state index in [-0.39, 0.29) is 30.0 Å². The molecule has 0 amide bonds. The summed E-state index contributed by atoms with van der Waals surface area (Å²) in [5.41, 5.74) is -2.12. The molecule has 0 nitrogen and oxygen atoms in total. The van der Waals surface area contributed by atoms with Crippen LogP contribution in [0, 0.1) is 11.8 Å². The molecule has 0 atom stereocenters. The maximum absolute atomic E-state index is 14.5. The fraction of sp³-hybridized carbons (Fsp3) is 0.769. The van der Waals surface area contributed by atoms with Crippen molar-refractivity contribution in [3.8, 4) is 0 Å². The van der Waals surface area contributed by atoms with Crippen LogP contribution in [-0.4, -0.2) is 47.6 Å². The van der Waals surface area contributed by atoms with Gasteiger partial charge in [0.1, 0.15) is 0 Å². The lowest BCUT2D eigenvalue weighted by molar-refractivity contribution is -0.469. The van der Waals surface area contributed by atoms with Crippen LogP contribution >= 0.6 is 0 Å².